The second-order valence-corrected chi connectivity index (χ2v) is 5.65. The van der Waals surface area contributed by atoms with Crippen LogP contribution in [0.1, 0.15) is 12.5 Å². The van der Waals surface area contributed by atoms with Crippen LogP contribution < -0.4 is 19.5 Å². The van der Waals surface area contributed by atoms with Crippen molar-refractivity contribution < 1.29 is 19.0 Å². The number of rotatable bonds is 6. The van der Waals surface area contributed by atoms with E-state index in [1.54, 1.807) is 57.6 Å². The standard InChI is InChI=1S/C19H20ClNO4/c1-12(9-13-5-7-17(24-3)18(10-13)25-4)19(22)21-14-6-8-16(23-2)15(20)11-14/h5-11H,1-4H3,(H,21,22)/b12-9+. The number of methoxy groups -OCH3 is 3. The van der Waals surface area contributed by atoms with Crippen LogP contribution in [0, 0.1) is 0 Å². The maximum atomic E-state index is 12.4. The van der Waals surface area contributed by atoms with E-state index < -0.39 is 0 Å². The van der Waals surface area contributed by atoms with Crippen molar-refractivity contribution >= 4 is 29.3 Å². The molecule has 0 unspecified atom stereocenters. The fraction of sp³-hybridized carbons (Fsp3) is 0.211. The maximum absolute atomic E-state index is 12.4. The summed E-state index contributed by atoms with van der Waals surface area (Å²) in [7, 11) is 4.68. The Morgan fingerprint density at radius 1 is 0.960 bits per heavy atom. The lowest BCUT2D eigenvalue weighted by molar-refractivity contribution is -0.112. The number of hydrogen-bond donors (Lipinski definition) is 1. The van der Waals surface area contributed by atoms with Crippen LogP contribution in [-0.2, 0) is 4.79 Å². The van der Waals surface area contributed by atoms with Gasteiger partial charge in [0.05, 0.1) is 26.4 Å². The first-order valence-electron chi connectivity index (χ1n) is 7.53. The highest BCUT2D eigenvalue weighted by atomic mass is 35.5. The van der Waals surface area contributed by atoms with E-state index in [0.29, 0.717) is 33.5 Å². The molecule has 1 N–H and O–H groups in total. The largest absolute Gasteiger partial charge is 0.495 e. The van der Waals surface area contributed by atoms with Gasteiger partial charge in [-0.2, -0.15) is 0 Å². The van der Waals surface area contributed by atoms with Crippen molar-refractivity contribution in [2.75, 3.05) is 26.6 Å². The fourth-order valence-electron chi connectivity index (χ4n) is 2.23. The molecule has 6 heteroatoms. The Hall–Kier alpha value is -2.66. The molecule has 0 atom stereocenters. The molecule has 2 aromatic carbocycles. The lowest BCUT2D eigenvalue weighted by Crippen LogP contribution is -2.12. The van der Waals surface area contributed by atoms with E-state index in [-0.39, 0.29) is 5.91 Å². The molecule has 0 saturated carbocycles. The summed E-state index contributed by atoms with van der Waals surface area (Å²) >= 11 is 6.07. The minimum Gasteiger partial charge on any atom is -0.495 e. The first kappa shape index (κ1) is 18.7. The highest BCUT2D eigenvalue weighted by Crippen LogP contribution is 2.29. The number of amides is 1. The van der Waals surface area contributed by atoms with Gasteiger partial charge >= 0.3 is 0 Å². The summed E-state index contributed by atoms with van der Waals surface area (Å²) in [6.07, 6.45) is 1.77. The van der Waals surface area contributed by atoms with Crippen molar-refractivity contribution in [1.82, 2.24) is 0 Å². The summed E-state index contributed by atoms with van der Waals surface area (Å²) < 4.78 is 15.6. The Bertz CT molecular complexity index is 802. The maximum Gasteiger partial charge on any atom is 0.251 e. The first-order valence-corrected chi connectivity index (χ1v) is 7.91. The molecule has 0 fully saturated rings. The minimum absolute atomic E-state index is 0.226. The molecule has 0 aliphatic heterocycles. The van der Waals surface area contributed by atoms with Crippen LogP contribution in [-0.4, -0.2) is 27.2 Å². The number of carbonyl (C=O) groups is 1. The summed E-state index contributed by atoms with van der Waals surface area (Å²) in [4.78, 5) is 12.4. The van der Waals surface area contributed by atoms with Crippen LogP contribution in [0.25, 0.3) is 6.08 Å². The predicted molar refractivity (Wildman–Crippen MR) is 99.8 cm³/mol. The van der Waals surface area contributed by atoms with Crippen molar-refractivity contribution in [3.63, 3.8) is 0 Å². The van der Waals surface area contributed by atoms with Crippen molar-refractivity contribution in [2.45, 2.75) is 6.92 Å². The minimum atomic E-state index is -0.226. The summed E-state index contributed by atoms with van der Waals surface area (Å²) in [6.45, 7) is 1.73. The van der Waals surface area contributed by atoms with Crippen molar-refractivity contribution in [3.8, 4) is 17.2 Å². The van der Waals surface area contributed by atoms with E-state index in [1.165, 1.54) is 7.11 Å². The van der Waals surface area contributed by atoms with Gasteiger partial charge in [-0.25, -0.2) is 0 Å². The fourth-order valence-corrected chi connectivity index (χ4v) is 2.49. The van der Waals surface area contributed by atoms with Gasteiger partial charge in [0.2, 0.25) is 0 Å². The summed E-state index contributed by atoms with van der Waals surface area (Å²) in [5, 5.41) is 3.23. The molecule has 0 aromatic heterocycles. The van der Waals surface area contributed by atoms with Gasteiger partial charge in [0.25, 0.3) is 5.91 Å². The predicted octanol–water partition coefficient (Wildman–Crippen LogP) is 4.41. The van der Waals surface area contributed by atoms with Crippen LogP contribution in [0.4, 0.5) is 5.69 Å². The molecule has 2 aromatic rings. The van der Waals surface area contributed by atoms with Crippen LogP contribution in [0.2, 0.25) is 5.02 Å². The van der Waals surface area contributed by atoms with Gasteiger partial charge in [0.1, 0.15) is 5.75 Å². The molecular weight excluding hydrogens is 342 g/mol. The van der Waals surface area contributed by atoms with Gasteiger partial charge in [-0.3, -0.25) is 4.79 Å². The normalized spacial score (nSPS) is 11.0. The van der Waals surface area contributed by atoms with E-state index in [9.17, 15) is 4.79 Å². The molecule has 25 heavy (non-hydrogen) atoms. The Balaban J connectivity index is 2.16. The SMILES string of the molecule is COc1ccc(NC(=O)/C(C)=C/c2ccc(OC)c(OC)c2)cc1Cl. The second kappa shape index (κ2) is 8.44. The topological polar surface area (TPSA) is 56.8 Å². The van der Waals surface area contributed by atoms with Crippen LogP contribution in [0.3, 0.4) is 0 Å². The number of carbonyl (C=O) groups excluding carboxylic acids is 1. The van der Waals surface area contributed by atoms with E-state index in [4.69, 9.17) is 25.8 Å². The third kappa shape index (κ3) is 4.67. The molecule has 5 nitrogen and oxygen atoms in total. The van der Waals surface area contributed by atoms with Gasteiger partial charge in [-0.15, -0.1) is 0 Å². The summed E-state index contributed by atoms with van der Waals surface area (Å²) in [5.74, 6) is 1.56. The zero-order valence-corrected chi connectivity index (χ0v) is 15.3. The van der Waals surface area contributed by atoms with Crippen LogP contribution >= 0.6 is 11.6 Å². The summed E-state index contributed by atoms with van der Waals surface area (Å²) in [5.41, 5.74) is 1.97. The van der Waals surface area contributed by atoms with Gasteiger partial charge in [0, 0.05) is 11.3 Å². The van der Waals surface area contributed by atoms with Crippen molar-refractivity contribution in [1.29, 1.82) is 0 Å². The smallest absolute Gasteiger partial charge is 0.251 e. The Morgan fingerprint density at radius 2 is 1.60 bits per heavy atom. The molecule has 1 amide bonds. The van der Waals surface area contributed by atoms with Crippen molar-refractivity contribution in [2.24, 2.45) is 0 Å². The first-order chi connectivity index (χ1) is 12.0. The molecule has 132 valence electrons. The zero-order valence-electron chi connectivity index (χ0n) is 14.6. The van der Waals surface area contributed by atoms with Crippen LogP contribution in [0.15, 0.2) is 42.0 Å². The molecule has 0 radical (unpaired) electrons. The third-order valence-corrected chi connectivity index (χ3v) is 3.85. The Morgan fingerprint density at radius 3 is 2.20 bits per heavy atom. The number of anilines is 1. The average Bonchev–Trinajstić information content (AvgIpc) is 2.61. The number of ether oxygens (including phenoxy) is 3. The van der Waals surface area contributed by atoms with E-state index in [0.717, 1.165) is 5.56 Å². The molecular formula is C19H20ClNO4. The highest BCUT2D eigenvalue weighted by Gasteiger charge is 2.09. The van der Waals surface area contributed by atoms with Crippen LogP contribution in [0.5, 0.6) is 17.2 Å². The molecule has 0 aliphatic carbocycles. The Labute approximate surface area is 152 Å². The molecule has 2 rings (SSSR count). The Kier molecular flexibility index (Phi) is 6.31. The molecule has 0 saturated heterocycles. The lowest BCUT2D eigenvalue weighted by Gasteiger charge is -2.10. The van der Waals surface area contributed by atoms with Gasteiger partial charge in [0.15, 0.2) is 11.5 Å². The number of hydrogen-bond acceptors (Lipinski definition) is 4. The van der Waals surface area contributed by atoms with Gasteiger partial charge in [-0.05, 0) is 48.9 Å². The van der Waals surface area contributed by atoms with Gasteiger partial charge < -0.3 is 19.5 Å². The number of halogens is 1. The molecule has 0 heterocycles. The van der Waals surface area contributed by atoms with E-state index >= 15 is 0 Å². The van der Waals surface area contributed by atoms with E-state index in [2.05, 4.69) is 5.32 Å². The van der Waals surface area contributed by atoms with E-state index in [1.807, 2.05) is 6.07 Å². The van der Waals surface area contributed by atoms with Crippen molar-refractivity contribution in [3.05, 3.63) is 52.6 Å². The summed E-state index contributed by atoms with van der Waals surface area (Å²) in [6, 6.07) is 10.5. The monoisotopic (exact) mass is 361 g/mol. The molecule has 0 bridgehead atoms. The lowest BCUT2D eigenvalue weighted by atomic mass is 10.1. The average molecular weight is 362 g/mol. The third-order valence-electron chi connectivity index (χ3n) is 3.56. The zero-order chi connectivity index (χ0) is 18.4. The number of benzene rings is 2. The number of nitrogens with one attached hydrogen (secondary N) is 1. The highest BCUT2D eigenvalue weighted by molar-refractivity contribution is 6.32. The van der Waals surface area contributed by atoms with Gasteiger partial charge in [-0.1, -0.05) is 17.7 Å². The second-order valence-electron chi connectivity index (χ2n) is 5.25. The quantitative estimate of drug-likeness (QED) is 0.774. The molecule has 0 aliphatic rings. The molecule has 0 spiro atoms.